The molecular formula is C19H21ClN2O3. The van der Waals surface area contributed by atoms with Crippen molar-refractivity contribution in [2.45, 2.75) is 6.10 Å². The molecule has 1 atom stereocenters. The molecule has 2 N–H and O–H groups in total. The summed E-state index contributed by atoms with van der Waals surface area (Å²) in [6.45, 7) is 3.36. The Morgan fingerprint density at radius 2 is 1.92 bits per heavy atom. The van der Waals surface area contributed by atoms with E-state index in [4.69, 9.17) is 16.3 Å². The molecule has 2 aromatic carbocycles. The van der Waals surface area contributed by atoms with E-state index >= 15 is 0 Å². The molecule has 0 aromatic heterocycles. The number of benzene rings is 2. The minimum Gasteiger partial charge on any atom is -0.387 e. The van der Waals surface area contributed by atoms with E-state index in [1.54, 1.807) is 24.3 Å². The molecule has 5 nitrogen and oxygen atoms in total. The van der Waals surface area contributed by atoms with Crippen molar-refractivity contribution in [3.63, 3.8) is 0 Å². The highest BCUT2D eigenvalue weighted by Gasteiger charge is 2.14. The minimum atomic E-state index is -0.762. The summed E-state index contributed by atoms with van der Waals surface area (Å²) in [5.41, 5.74) is 2.35. The number of carbonyl (C=O) groups excluding carboxylic acids is 1. The van der Waals surface area contributed by atoms with Gasteiger partial charge in [0.1, 0.15) is 0 Å². The summed E-state index contributed by atoms with van der Waals surface area (Å²) in [4.78, 5) is 14.3. The minimum absolute atomic E-state index is 0.141. The Morgan fingerprint density at radius 3 is 2.60 bits per heavy atom. The Hall–Kier alpha value is -2.08. The lowest BCUT2D eigenvalue weighted by molar-refractivity contribution is 0.0916. The summed E-state index contributed by atoms with van der Waals surface area (Å²) in [6.07, 6.45) is -0.762. The van der Waals surface area contributed by atoms with Crippen molar-refractivity contribution >= 4 is 23.2 Å². The summed E-state index contributed by atoms with van der Waals surface area (Å²) in [5, 5.41) is 13.5. The summed E-state index contributed by atoms with van der Waals surface area (Å²) < 4.78 is 5.35. The molecule has 0 spiro atoms. The van der Waals surface area contributed by atoms with Crippen molar-refractivity contribution in [3.05, 3.63) is 64.7 Å². The number of amides is 1. The number of carbonyl (C=O) groups is 1. The second-order valence-corrected chi connectivity index (χ2v) is 6.36. The lowest BCUT2D eigenvalue weighted by Crippen LogP contribution is -2.36. The van der Waals surface area contributed by atoms with Gasteiger partial charge in [0, 0.05) is 35.9 Å². The number of anilines is 1. The highest BCUT2D eigenvalue weighted by molar-refractivity contribution is 6.30. The van der Waals surface area contributed by atoms with E-state index in [2.05, 4.69) is 10.2 Å². The number of morpholine rings is 1. The SMILES string of the molecule is O=C(NCC(O)c1ccc(N2CCOCC2)cc1)c1cccc(Cl)c1. The van der Waals surface area contributed by atoms with Gasteiger partial charge in [0.05, 0.1) is 19.3 Å². The smallest absolute Gasteiger partial charge is 0.251 e. The molecule has 2 aromatic rings. The zero-order valence-corrected chi connectivity index (χ0v) is 14.6. The van der Waals surface area contributed by atoms with E-state index in [0.717, 1.165) is 37.6 Å². The van der Waals surface area contributed by atoms with Gasteiger partial charge in [0.2, 0.25) is 0 Å². The highest BCUT2D eigenvalue weighted by atomic mass is 35.5. The molecule has 0 bridgehead atoms. The van der Waals surface area contributed by atoms with Crippen molar-refractivity contribution in [2.75, 3.05) is 37.7 Å². The normalized spacial score (nSPS) is 15.7. The number of nitrogens with one attached hydrogen (secondary N) is 1. The van der Waals surface area contributed by atoms with Gasteiger partial charge in [-0.3, -0.25) is 4.79 Å². The van der Waals surface area contributed by atoms with Crippen LogP contribution in [0.5, 0.6) is 0 Å². The van der Waals surface area contributed by atoms with Crippen molar-refractivity contribution in [3.8, 4) is 0 Å². The van der Waals surface area contributed by atoms with Gasteiger partial charge >= 0.3 is 0 Å². The zero-order chi connectivity index (χ0) is 17.6. The summed E-state index contributed by atoms with van der Waals surface area (Å²) in [5.74, 6) is -0.258. The van der Waals surface area contributed by atoms with Gasteiger partial charge in [0.25, 0.3) is 5.91 Å². The molecule has 1 fully saturated rings. The number of hydrogen-bond donors (Lipinski definition) is 2. The number of aliphatic hydroxyl groups excluding tert-OH is 1. The highest BCUT2D eigenvalue weighted by Crippen LogP contribution is 2.20. The van der Waals surface area contributed by atoms with E-state index in [9.17, 15) is 9.90 Å². The molecule has 1 aliphatic rings. The van der Waals surface area contributed by atoms with Crippen molar-refractivity contribution in [1.29, 1.82) is 0 Å². The first-order chi connectivity index (χ1) is 12.1. The van der Waals surface area contributed by atoms with E-state index in [-0.39, 0.29) is 12.5 Å². The quantitative estimate of drug-likeness (QED) is 0.860. The molecule has 6 heteroatoms. The molecule has 1 unspecified atom stereocenters. The van der Waals surface area contributed by atoms with Crippen LogP contribution in [-0.4, -0.2) is 43.9 Å². The summed E-state index contributed by atoms with van der Waals surface area (Å²) in [6, 6.07) is 14.5. The number of aliphatic hydroxyl groups is 1. The Balaban J connectivity index is 1.55. The molecule has 132 valence electrons. The summed E-state index contributed by atoms with van der Waals surface area (Å²) in [7, 11) is 0. The molecule has 1 heterocycles. The molecule has 0 radical (unpaired) electrons. The number of halogens is 1. The third kappa shape index (κ3) is 4.72. The van der Waals surface area contributed by atoms with Gasteiger partial charge in [-0.1, -0.05) is 29.8 Å². The number of rotatable bonds is 5. The third-order valence-corrected chi connectivity index (χ3v) is 4.43. The molecule has 1 saturated heterocycles. The fraction of sp³-hybridized carbons (Fsp3) is 0.316. The third-order valence-electron chi connectivity index (χ3n) is 4.20. The van der Waals surface area contributed by atoms with Crippen LogP contribution in [0.25, 0.3) is 0 Å². The zero-order valence-electron chi connectivity index (χ0n) is 13.8. The molecular weight excluding hydrogens is 340 g/mol. The predicted molar refractivity (Wildman–Crippen MR) is 98.2 cm³/mol. The second-order valence-electron chi connectivity index (χ2n) is 5.93. The number of nitrogens with zero attached hydrogens (tertiary/aromatic N) is 1. The van der Waals surface area contributed by atoms with Crippen LogP contribution < -0.4 is 10.2 Å². The predicted octanol–water partition coefficient (Wildman–Crippen LogP) is 2.64. The van der Waals surface area contributed by atoms with Gasteiger partial charge in [-0.05, 0) is 35.9 Å². The van der Waals surface area contributed by atoms with Crippen LogP contribution in [0.15, 0.2) is 48.5 Å². The second kappa shape index (κ2) is 8.34. The van der Waals surface area contributed by atoms with E-state index in [0.29, 0.717) is 10.6 Å². The van der Waals surface area contributed by atoms with E-state index < -0.39 is 6.10 Å². The topological polar surface area (TPSA) is 61.8 Å². The monoisotopic (exact) mass is 360 g/mol. The fourth-order valence-electron chi connectivity index (χ4n) is 2.77. The van der Waals surface area contributed by atoms with Crippen LogP contribution >= 0.6 is 11.6 Å². The maximum Gasteiger partial charge on any atom is 0.251 e. The first-order valence-electron chi connectivity index (χ1n) is 8.28. The molecule has 1 aliphatic heterocycles. The van der Waals surface area contributed by atoms with Gasteiger partial charge in [0.15, 0.2) is 0 Å². The van der Waals surface area contributed by atoms with Crippen LogP contribution in [0.3, 0.4) is 0 Å². The number of hydrogen-bond acceptors (Lipinski definition) is 4. The van der Waals surface area contributed by atoms with E-state index in [1.807, 2.05) is 24.3 Å². The lowest BCUT2D eigenvalue weighted by Gasteiger charge is -2.29. The Kier molecular flexibility index (Phi) is 5.91. The Morgan fingerprint density at radius 1 is 1.20 bits per heavy atom. The van der Waals surface area contributed by atoms with Crippen molar-refractivity contribution in [1.82, 2.24) is 5.32 Å². The first-order valence-corrected chi connectivity index (χ1v) is 8.66. The van der Waals surface area contributed by atoms with Crippen molar-refractivity contribution in [2.24, 2.45) is 0 Å². The maximum absolute atomic E-state index is 12.1. The maximum atomic E-state index is 12.1. The molecule has 25 heavy (non-hydrogen) atoms. The summed E-state index contributed by atoms with van der Waals surface area (Å²) >= 11 is 5.89. The van der Waals surface area contributed by atoms with Gasteiger partial charge in [-0.2, -0.15) is 0 Å². The van der Waals surface area contributed by atoms with Gasteiger partial charge in [-0.15, -0.1) is 0 Å². The standard InChI is InChI=1S/C19H21ClN2O3/c20-16-3-1-2-15(12-16)19(24)21-13-18(23)14-4-6-17(7-5-14)22-8-10-25-11-9-22/h1-7,12,18,23H,8-11,13H2,(H,21,24). The molecule has 1 amide bonds. The molecule has 0 aliphatic carbocycles. The molecule has 3 rings (SSSR count). The largest absolute Gasteiger partial charge is 0.387 e. The molecule has 0 saturated carbocycles. The number of ether oxygens (including phenoxy) is 1. The van der Waals surface area contributed by atoms with Crippen LogP contribution in [0.4, 0.5) is 5.69 Å². The van der Waals surface area contributed by atoms with Crippen LogP contribution in [0.2, 0.25) is 5.02 Å². The van der Waals surface area contributed by atoms with Crippen LogP contribution in [0.1, 0.15) is 22.0 Å². The fourth-order valence-corrected chi connectivity index (χ4v) is 2.96. The van der Waals surface area contributed by atoms with Crippen molar-refractivity contribution < 1.29 is 14.6 Å². The first kappa shape index (κ1) is 17.7. The van der Waals surface area contributed by atoms with Gasteiger partial charge in [-0.25, -0.2) is 0 Å². The van der Waals surface area contributed by atoms with Gasteiger partial charge < -0.3 is 20.1 Å². The Labute approximate surface area is 152 Å². The average Bonchev–Trinajstić information content (AvgIpc) is 2.66. The Bertz CT molecular complexity index is 715. The van der Waals surface area contributed by atoms with Crippen LogP contribution in [-0.2, 0) is 4.74 Å². The lowest BCUT2D eigenvalue weighted by atomic mass is 10.1. The van der Waals surface area contributed by atoms with Crippen LogP contribution in [0, 0.1) is 0 Å². The average molecular weight is 361 g/mol. The van der Waals surface area contributed by atoms with E-state index in [1.165, 1.54) is 0 Å².